The van der Waals surface area contributed by atoms with Gasteiger partial charge in [0.25, 0.3) is 5.91 Å². The standard InChI is InChI=1S/C21H25F2N3O2/c1-12-6-5-7-13(2)20(12)26-19(27)11-24-21(28)15(4)25-14(3)16-8-9-17(22)18(23)10-16/h5-10,14-15,25H,11H2,1-4H3,(H,24,28)(H,26,27)/p+1/t14-,15-/m0/s1. The zero-order valence-electron chi connectivity index (χ0n) is 16.5. The molecule has 0 saturated carbocycles. The lowest BCUT2D eigenvalue weighted by Crippen LogP contribution is -2.92. The Bertz CT molecular complexity index is 850. The van der Waals surface area contributed by atoms with Gasteiger partial charge in [0, 0.05) is 11.3 Å². The topological polar surface area (TPSA) is 74.8 Å². The van der Waals surface area contributed by atoms with E-state index in [9.17, 15) is 18.4 Å². The van der Waals surface area contributed by atoms with Crippen molar-refractivity contribution in [2.24, 2.45) is 0 Å². The summed E-state index contributed by atoms with van der Waals surface area (Å²) in [6.45, 7) is 7.14. The molecule has 28 heavy (non-hydrogen) atoms. The van der Waals surface area contributed by atoms with E-state index in [4.69, 9.17) is 0 Å². The van der Waals surface area contributed by atoms with Gasteiger partial charge in [-0.25, -0.2) is 8.78 Å². The Morgan fingerprint density at radius 2 is 1.68 bits per heavy atom. The Morgan fingerprint density at radius 3 is 2.29 bits per heavy atom. The second-order valence-corrected chi connectivity index (χ2v) is 6.98. The lowest BCUT2D eigenvalue weighted by Gasteiger charge is -2.17. The Morgan fingerprint density at radius 1 is 1.04 bits per heavy atom. The average Bonchev–Trinajstić information content (AvgIpc) is 2.64. The first-order valence-electron chi connectivity index (χ1n) is 9.12. The Hall–Kier alpha value is -2.80. The first kappa shape index (κ1) is 21.5. The van der Waals surface area contributed by atoms with Crippen LogP contribution in [0.2, 0.25) is 0 Å². The van der Waals surface area contributed by atoms with E-state index in [1.807, 2.05) is 32.0 Å². The summed E-state index contributed by atoms with van der Waals surface area (Å²) in [5.74, 6) is -2.45. The molecule has 0 fully saturated rings. The molecule has 2 aromatic rings. The fourth-order valence-electron chi connectivity index (χ4n) is 2.95. The highest BCUT2D eigenvalue weighted by Gasteiger charge is 2.21. The van der Waals surface area contributed by atoms with Gasteiger partial charge in [-0.15, -0.1) is 0 Å². The number of amides is 2. The van der Waals surface area contributed by atoms with E-state index in [0.717, 1.165) is 28.9 Å². The maximum atomic E-state index is 13.4. The van der Waals surface area contributed by atoms with Crippen LogP contribution in [-0.2, 0) is 9.59 Å². The van der Waals surface area contributed by atoms with E-state index in [1.165, 1.54) is 6.07 Å². The van der Waals surface area contributed by atoms with E-state index in [2.05, 4.69) is 10.6 Å². The van der Waals surface area contributed by atoms with Gasteiger partial charge in [0.2, 0.25) is 5.91 Å². The summed E-state index contributed by atoms with van der Waals surface area (Å²) in [5.41, 5.74) is 3.21. The smallest absolute Gasteiger partial charge is 0.278 e. The third kappa shape index (κ3) is 5.60. The van der Waals surface area contributed by atoms with Gasteiger partial charge in [-0.2, -0.15) is 0 Å². The van der Waals surface area contributed by atoms with Gasteiger partial charge in [-0.3, -0.25) is 9.59 Å². The molecule has 2 amide bonds. The number of quaternary nitrogens is 1. The fourth-order valence-corrected chi connectivity index (χ4v) is 2.95. The zero-order chi connectivity index (χ0) is 20.8. The van der Waals surface area contributed by atoms with Crippen molar-refractivity contribution in [1.82, 2.24) is 5.32 Å². The lowest BCUT2D eigenvalue weighted by molar-refractivity contribution is -0.710. The molecule has 0 radical (unpaired) electrons. The molecule has 150 valence electrons. The summed E-state index contributed by atoms with van der Waals surface area (Å²) < 4.78 is 26.4. The number of rotatable bonds is 7. The van der Waals surface area contributed by atoms with E-state index in [1.54, 1.807) is 19.2 Å². The van der Waals surface area contributed by atoms with Crippen LogP contribution in [0.15, 0.2) is 36.4 Å². The molecule has 0 aromatic heterocycles. The second kappa shape index (κ2) is 9.41. The maximum absolute atomic E-state index is 13.4. The number of carbonyl (C=O) groups excluding carboxylic acids is 2. The molecule has 2 rings (SSSR count). The highest BCUT2D eigenvalue weighted by molar-refractivity contribution is 5.96. The highest BCUT2D eigenvalue weighted by atomic mass is 19.2. The predicted octanol–water partition coefficient (Wildman–Crippen LogP) is 2.35. The van der Waals surface area contributed by atoms with Crippen LogP contribution in [0.5, 0.6) is 0 Å². The van der Waals surface area contributed by atoms with E-state index >= 15 is 0 Å². The SMILES string of the molecule is Cc1cccc(C)c1NC(=O)CNC(=O)[C@H](C)[NH2+][C@@H](C)c1ccc(F)c(F)c1. The number of benzene rings is 2. The average molecular weight is 390 g/mol. The summed E-state index contributed by atoms with van der Waals surface area (Å²) in [4.78, 5) is 24.4. The van der Waals surface area contributed by atoms with Crippen LogP contribution < -0.4 is 16.0 Å². The molecule has 0 aliphatic carbocycles. The van der Waals surface area contributed by atoms with Crippen LogP contribution in [-0.4, -0.2) is 24.4 Å². The van der Waals surface area contributed by atoms with Crippen molar-refractivity contribution in [3.05, 3.63) is 64.7 Å². The van der Waals surface area contributed by atoms with E-state index in [0.29, 0.717) is 5.56 Å². The quantitative estimate of drug-likeness (QED) is 0.679. The minimum atomic E-state index is -0.918. The number of hydrogen-bond acceptors (Lipinski definition) is 2. The Balaban J connectivity index is 1.86. The molecule has 0 heterocycles. The number of carbonyl (C=O) groups is 2. The molecule has 5 nitrogen and oxygen atoms in total. The molecular weight excluding hydrogens is 364 g/mol. The van der Waals surface area contributed by atoms with Crippen molar-refractivity contribution >= 4 is 17.5 Å². The van der Waals surface area contributed by atoms with E-state index in [-0.39, 0.29) is 24.4 Å². The summed E-state index contributed by atoms with van der Waals surface area (Å²) in [6, 6.07) is 8.64. The third-order valence-corrected chi connectivity index (χ3v) is 4.63. The number of hydrogen-bond donors (Lipinski definition) is 3. The molecule has 0 bridgehead atoms. The van der Waals surface area contributed by atoms with Crippen LogP contribution in [0.25, 0.3) is 0 Å². The Labute approximate surface area is 163 Å². The highest BCUT2D eigenvalue weighted by Crippen LogP contribution is 2.19. The van der Waals surface area contributed by atoms with Crippen LogP contribution >= 0.6 is 0 Å². The number of para-hydroxylation sites is 1. The monoisotopic (exact) mass is 390 g/mol. The van der Waals surface area contributed by atoms with Crippen molar-refractivity contribution in [2.45, 2.75) is 39.8 Å². The van der Waals surface area contributed by atoms with Gasteiger partial charge in [-0.1, -0.05) is 18.2 Å². The molecule has 7 heteroatoms. The van der Waals surface area contributed by atoms with Crippen molar-refractivity contribution in [3.63, 3.8) is 0 Å². The summed E-state index contributed by atoms with van der Waals surface area (Å²) >= 11 is 0. The number of anilines is 1. The minimum Gasteiger partial charge on any atom is -0.342 e. The first-order valence-corrected chi connectivity index (χ1v) is 9.12. The maximum Gasteiger partial charge on any atom is 0.278 e. The Kier molecular flexibility index (Phi) is 7.23. The third-order valence-electron chi connectivity index (χ3n) is 4.63. The van der Waals surface area contributed by atoms with Crippen molar-refractivity contribution in [2.75, 3.05) is 11.9 Å². The van der Waals surface area contributed by atoms with Crippen LogP contribution in [0, 0.1) is 25.5 Å². The molecule has 0 spiro atoms. The predicted molar refractivity (Wildman–Crippen MR) is 104 cm³/mol. The normalized spacial score (nSPS) is 12.9. The van der Waals surface area contributed by atoms with Crippen LogP contribution in [0.3, 0.4) is 0 Å². The van der Waals surface area contributed by atoms with Gasteiger partial charge in [0.1, 0.15) is 6.04 Å². The molecule has 4 N–H and O–H groups in total. The molecule has 0 saturated heterocycles. The van der Waals surface area contributed by atoms with Gasteiger partial charge in [-0.05, 0) is 57.0 Å². The zero-order valence-corrected chi connectivity index (χ0v) is 16.5. The number of aryl methyl sites for hydroxylation is 2. The number of nitrogens with one attached hydrogen (secondary N) is 2. The molecule has 0 unspecified atom stereocenters. The summed E-state index contributed by atoms with van der Waals surface area (Å²) in [7, 11) is 0. The van der Waals surface area contributed by atoms with Gasteiger partial charge in [0.15, 0.2) is 17.7 Å². The molecule has 2 aromatic carbocycles. The van der Waals surface area contributed by atoms with Gasteiger partial charge in [0.05, 0.1) is 6.54 Å². The van der Waals surface area contributed by atoms with Crippen LogP contribution in [0.1, 0.15) is 36.6 Å². The fraction of sp³-hybridized carbons (Fsp3) is 0.333. The molecular formula is C21H26F2N3O2+. The molecule has 2 atom stereocenters. The second-order valence-electron chi connectivity index (χ2n) is 6.98. The summed E-state index contributed by atoms with van der Waals surface area (Å²) in [6.07, 6.45) is 0. The first-order chi connectivity index (χ1) is 13.2. The van der Waals surface area contributed by atoms with Gasteiger partial charge >= 0.3 is 0 Å². The van der Waals surface area contributed by atoms with Crippen molar-refractivity contribution in [1.29, 1.82) is 0 Å². The number of nitrogens with two attached hydrogens (primary N) is 1. The van der Waals surface area contributed by atoms with Crippen molar-refractivity contribution < 1.29 is 23.7 Å². The minimum absolute atomic E-state index is 0.148. The van der Waals surface area contributed by atoms with Crippen LogP contribution in [0.4, 0.5) is 14.5 Å². The lowest BCUT2D eigenvalue weighted by atomic mass is 10.1. The summed E-state index contributed by atoms with van der Waals surface area (Å²) in [5, 5.41) is 7.14. The van der Waals surface area contributed by atoms with E-state index < -0.39 is 17.7 Å². The van der Waals surface area contributed by atoms with Gasteiger partial charge < -0.3 is 16.0 Å². The number of halogens is 2. The van der Waals surface area contributed by atoms with Crippen molar-refractivity contribution in [3.8, 4) is 0 Å². The molecule has 0 aliphatic heterocycles. The molecule has 0 aliphatic rings. The largest absolute Gasteiger partial charge is 0.342 e.